The number of amides is 4. The van der Waals surface area contributed by atoms with Crippen LogP contribution in [-0.4, -0.2) is 140 Å². The van der Waals surface area contributed by atoms with Gasteiger partial charge in [-0.1, -0.05) is 47.6 Å². The van der Waals surface area contributed by atoms with Crippen molar-refractivity contribution in [2.24, 2.45) is 11.8 Å². The average Bonchev–Trinajstić information content (AvgIpc) is 3.10. The van der Waals surface area contributed by atoms with E-state index in [-0.39, 0.29) is 48.5 Å². The highest BCUT2D eigenvalue weighted by Crippen LogP contribution is 2.22. The third kappa shape index (κ3) is 18.6. The number of hydrogen-bond acceptors (Lipinski definition) is 15. The van der Waals surface area contributed by atoms with Gasteiger partial charge in [-0.05, 0) is 49.9 Å². The maximum atomic E-state index is 12.7. The van der Waals surface area contributed by atoms with Crippen LogP contribution in [0.3, 0.4) is 0 Å². The predicted octanol–water partition coefficient (Wildman–Crippen LogP) is -1.77. The molecule has 0 aliphatic carbocycles. The number of aliphatic hydroxyl groups is 5. The Morgan fingerprint density at radius 3 is 2.14 bits per heavy atom. The van der Waals surface area contributed by atoms with Gasteiger partial charge in [0.1, 0.15) is 36.7 Å². The van der Waals surface area contributed by atoms with Crippen LogP contribution in [0.15, 0.2) is 24.3 Å². The van der Waals surface area contributed by atoms with Gasteiger partial charge in [-0.25, -0.2) is 15.0 Å². The first-order valence-electron chi connectivity index (χ1n) is 16.1. The van der Waals surface area contributed by atoms with Crippen LogP contribution < -0.4 is 26.8 Å². The number of phenolic OH excluding ortho intramolecular Hbond substituents is 1. The van der Waals surface area contributed by atoms with Gasteiger partial charge in [-0.3, -0.25) is 19.8 Å². The number of carbonyl (C=O) groups is 5. The quantitative estimate of drug-likeness (QED) is 0.0315. The molecule has 0 fully saturated rings. The lowest BCUT2D eigenvalue weighted by molar-refractivity contribution is -0.141. The van der Waals surface area contributed by atoms with E-state index in [9.17, 15) is 54.6 Å². The number of hydrazine groups is 1. The number of likely N-dealkylation sites (N-methyl/N-ethyl adjacent to an activating group) is 1. The van der Waals surface area contributed by atoms with Crippen molar-refractivity contribution in [2.45, 2.75) is 76.0 Å². The van der Waals surface area contributed by atoms with Crippen molar-refractivity contribution in [3.05, 3.63) is 29.8 Å². The van der Waals surface area contributed by atoms with Gasteiger partial charge in [0.25, 0.3) is 0 Å². The highest BCUT2D eigenvalue weighted by molar-refractivity contribution is 8.76. The third-order valence-corrected chi connectivity index (χ3v) is 9.88. The molecule has 0 radical (unpaired) electrons. The van der Waals surface area contributed by atoms with Crippen molar-refractivity contribution in [1.82, 2.24) is 26.8 Å². The van der Waals surface area contributed by atoms with Gasteiger partial charge >= 0.3 is 12.1 Å². The molecule has 20 heteroatoms. The fourth-order valence-corrected chi connectivity index (χ4v) is 6.55. The molecule has 1 rings (SSSR count). The summed E-state index contributed by atoms with van der Waals surface area (Å²) in [4.78, 5) is 60.9. The number of rotatable bonds is 24. The molecule has 51 heavy (non-hydrogen) atoms. The molecule has 0 spiro atoms. The molecular formula is C31H51N5O13S2. The van der Waals surface area contributed by atoms with Gasteiger partial charge in [-0.15, -0.1) is 0 Å². The van der Waals surface area contributed by atoms with Gasteiger partial charge in [0, 0.05) is 30.4 Å². The fraction of sp³-hybridized carbons (Fsp3) is 0.645. The Kier molecular flexibility index (Phi) is 22.2. The molecule has 0 unspecified atom stereocenters. The van der Waals surface area contributed by atoms with Crippen LogP contribution in [0.1, 0.15) is 38.7 Å². The van der Waals surface area contributed by atoms with Crippen LogP contribution in [0, 0.1) is 11.8 Å². The highest BCUT2D eigenvalue weighted by atomic mass is 33.1. The molecule has 8 atom stereocenters. The van der Waals surface area contributed by atoms with Gasteiger partial charge in [0.05, 0.1) is 18.8 Å². The molecule has 4 amide bonds. The van der Waals surface area contributed by atoms with E-state index < -0.39 is 79.4 Å². The highest BCUT2D eigenvalue weighted by Gasteiger charge is 2.30. The molecule has 290 valence electrons. The molecule has 0 aromatic heterocycles. The summed E-state index contributed by atoms with van der Waals surface area (Å²) >= 11 is 0. The maximum Gasteiger partial charge on any atom is 0.426 e. The summed E-state index contributed by atoms with van der Waals surface area (Å²) in [7, 11) is 3.76. The number of aliphatic carboxylic acids is 1. The van der Waals surface area contributed by atoms with Gasteiger partial charge in [0.2, 0.25) is 17.7 Å². The minimum atomic E-state index is -1.85. The van der Waals surface area contributed by atoms with Crippen LogP contribution in [0.5, 0.6) is 5.75 Å². The Bertz CT molecular complexity index is 1230. The summed E-state index contributed by atoms with van der Waals surface area (Å²) in [5.41, 5.74) is 5.55. The van der Waals surface area contributed by atoms with Crippen molar-refractivity contribution in [3.63, 3.8) is 0 Å². The average molecular weight is 766 g/mol. The Labute approximate surface area is 303 Å². The van der Waals surface area contributed by atoms with Crippen LogP contribution in [0.2, 0.25) is 0 Å². The molecule has 0 heterocycles. The molecule has 0 aliphatic rings. The third-order valence-electron chi connectivity index (χ3n) is 7.50. The van der Waals surface area contributed by atoms with E-state index in [0.29, 0.717) is 6.42 Å². The smallest absolute Gasteiger partial charge is 0.426 e. The lowest BCUT2D eigenvalue weighted by Gasteiger charge is -2.25. The zero-order valence-corrected chi connectivity index (χ0v) is 30.3. The zero-order chi connectivity index (χ0) is 38.5. The summed E-state index contributed by atoms with van der Waals surface area (Å²) in [5.74, 6) is -2.77. The first-order chi connectivity index (χ1) is 24.1. The van der Waals surface area contributed by atoms with E-state index in [4.69, 9.17) is 9.84 Å². The monoisotopic (exact) mass is 765 g/mol. The molecule has 1 aromatic rings. The predicted molar refractivity (Wildman–Crippen MR) is 188 cm³/mol. The van der Waals surface area contributed by atoms with E-state index in [1.165, 1.54) is 17.8 Å². The summed E-state index contributed by atoms with van der Waals surface area (Å²) in [5, 5.41) is 73.9. The van der Waals surface area contributed by atoms with Crippen LogP contribution in [0.25, 0.3) is 0 Å². The molecule has 18 nitrogen and oxygen atoms in total. The lowest BCUT2D eigenvalue weighted by Crippen LogP contribution is -2.51. The Balaban J connectivity index is 2.32. The molecule has 1 aromatic carbocycles. The minimum Gasteiger partial charge on any atom is -0.508 e. The Morgan fingerprint density at radius 1 is 0.882 bits per heavy atom. The van der Waals surface area contributed by atoms with Crippen molar-refractivity contribution in [2.75, 3.05) is 38.3 Å². The standard InChI is InChI=1S/C31H51N5O13S2/c1-17(13-19-4-6-20(38)7-5-19)12-18(2)28(44)35-36-31(48)49-10-11-50-51-16-22(30(46)47)34-29(45)21(32-3)8-9-25(41)33-14-23(39)26(42)27(43)24(40)15-37/h4-7,17-18,21-24,26-27,32,37-40,42-43H,8-16H2,1-3H3,(H,33,41)(H,34,45)(H,35,44)(H,36,48)(H,46,47)/t17-,18+,21+,22-,23+,24-,26-,27-/m1/s1. The largest absolute Gasteiger partial charge is 0.508 e. The fourth-order valence-electron chi connectivity index (χ4n) is 4.56. The second kappa shape index (κ2) is 24.8. The van der Waals surface area contributed by atoms with Crippen molar-refractivity contribution in [3.8, 4) is 5.75 Å². The minimum absolute atomic E-state index is 0.0367. The van der Waals surface area contributed by atoms with E-state index in [0.717, 1.165) is 22.8 Å². The number of hydrogen-bond donors (Lipinski definition) is 12. The SMILES string of the molecule is CN[C@@H](CCC(=O)NC[C@H](O)[C@@H](O)[C@H](O)[C@H](O)CO)C(=O)N[C@H](CSSCCOC(=O)NNC(=O)[C@@H](C)C[C@@H](C)Cc1ccc(O)cc1)C(=O)O. The molecule has 0 bridgehead atoms. The number of phenols is 1. The van der Waals surface area contributed by atoms with Crippen LogP contribution in [0.4, 0.5) is 4.79 Å². The second-order valence-electron chi connectivity index (χ2n) is 11.9. The van der Waals surface area contributed by atoms with E-state index in [2.05, 4.69) is 26.8 Å². The molecule has 0 aliphatic heterocycles. The Morgan fingerprint density at radius 2 is 1.53 bits per heavy atom. The summed E-state index contributed by atoms with van der Waals surface area (Å²) in [6, 6.07) is 4.63. The molecule has 12 N–H and O–H groups in total. The maximum absolute atomic E-state index is 12.7. The summed E-state index contributed by atoms with van der Waals surface area (Å²) in [6.45, 7) is 2.35. The topological polar surface area (TPSA) is 296 Å². The first-order valence-corrected chi connectivity index (χ1v) is 18.6. The van der Waals surface area contributed by atoms with Crippen molar-refractivity contribution < 1.29 is 64.5 Å². The number of carbonyl (C=O) groups excluding carboxylic acids is 4. The first kappa shape index (κ1) is 45.7. The van der Waals surface area contributed by atoms with Crippen LogP contribution >= 0.6 is 21.6 Å². The number of aromatic hydroxyl groups is 1. The van der Waals surface area contributed by atoms with E-state index >= 15 is 0 Å². The van der Waals surface area contributed by atoms with Crippen LogP contribution in [-0.2, 0) is 30.3 Å². The van der Waals surface area contributed by atoms with Gasteiger partial charge < -0.3 is 56.4 Å². The lowest BCUT2D eigenvalue weighted by atomic mass is 9.91. The number of carboxylic acid groups (broad SMARTS) is 1. The number of ether oxygens (including phenoxy) is 1. The van der Waals surface area contributed by atoms with E-state index in [1.807, 2.05) is 19.1 Å². The van der Waals surface area contributed by atoms with Gasteiger partial charge in [-0.2, -0.15) is 0 Å². The summed E-state index contributed by atoms with van der Waals surface area (Å²) < 4.78 is 5.02. The Hall–Kier alpha value is -3.37. The van der Waals surface area contributed by atoms with Crippen molar-refractivity contribution >= 4 is 51.4 Å². The number of aliphatic hydroxyl groups excluding tert-OH is 5. The van der Waals surface area contributed by atoms with Gasteiger partial charge in [0.15, 0.2) is 0 Å². The summed E-state index contributed by atoms with van der Waals surface area (Å²) in [6.07, 6.45) is -6.91. The van der Waals surface area contributed by atoms with Crippen molar-refractivity contribution in [1.29, 1.82) is 0 Å². The van der Waals surface area contributed by atoms with E-state index in [1.54, 1.807) is 19.1 Å². The number of carboxylic acids is 1. The molecular weight excluding hydrogens is 714 g/mol. The molecule has 0 saturated carbocycles. The number of benzene rings is 1. The molecule has 0 saturated heterocycles. The second-order valence-corrected chi connectivity index (χ2v) is 14.5. The normalized spacial score (nSPS) is 15.9. The zero-order valence-electron chi connectivity index (χ0n) is 28.7. The number of nitrogens with one attached hydrogen (secondary N) is 5.